The van der Waals surface area contributed by atoms with E-state index < -0.39 is 5.66 Å². The third kappa shape index (κ3) is 6.04. The Bertz CT molecular complexity index is 1290. The van der Waals surface area contributed by atoms with E-state index in [-0.39, 0.29) is 18.0 Å². The molecule has 2 aliphatic heterocycles. The highest BCUT2D eigenvalue weighted by molar-refractivity contribution is 6.30. The topological polar surface area (TPSA) is 84.1 Å². The molecule has 0 bridgehead atoms. The summed E-state index contributed by atoms with van der Waals surface area (Å²) in [7, 11) is 3.22. The van der Waals surface area contributed by atoms with Crippen molar-refractivity contribution in [3.05, 3.63) is 93.0 Å². The third-order valence-electron chi connectivity index (χ3n) is 7.73. The molecule has 5 rings (SSSR count). The summed E-state index contributed by atoms with van der Waals surface area (Å²) in [6.45, 7) is 5.44. The lowest BCUT2D eigenvalue weighted by molar-refractivity contribution is -0.140. The Hall–Kier alpha value is -2.85. The Labute approximate surface area is 251 Å². The van der Waals surface area contributed by atoms with Gasteiger partial charge in [0.1, 0.15) is 11.5 Å². The van der Waals surface area contributed by atoms with Gasteiger partial charge in [-0.1, -0.05) is 47.5 Å². The lowest BCUT2D eigenvalue weighted by atomic mass is 9.94. The summed E-state index contributed by atoms with van der Waals surface area (Å²) in [4.78, 5) is 16.6. The van der Waals surface area contributed by atoms with Gasteiger partial charge in [0.2, 0.25) is 0 Å². The zero-order valence-electron chi connectivity index (χ0n) is 23.5. The number of methoxy groups -OCH3 is 2. The molecule has 3 aromatic carbocycles. The van der Waals surface area contributed by atoms with Crippen LogP contribution < -0.4 is 25.4 Å². The minimum Gasteiger partial charge on any atom is -0.496 e. The zero-order valence-corrected chi connectivity index (χ0v) is 25.0. The molecule has 2 atom stereocenters. The van der Waals surface area contributed by atoms with Crippen LogP contribution in [0.2, 0.25) is 10.0 Å². The van der Waals surface area contributed by atoms with E-state index in [2.05, 4.69) is 16.0 Å². The van der Waals surface area contributed by atoms with Crippen molar-refractivity contribution in [2.45, 2.75) is 31.3 Å². The SMILES string of the molecule is CCOCc1cc(C2(C(=O)N3CCNCC3)NC(c3ccc(Cl)cc3)C(c3ccc(Cl)cc3)N2)c(OC)cc1OC. The molecule has 218 valence electrons. The van der Waals surface area contributed by atoms with Gasteiger partial charge in [0.05, 0.1) is 32.9 Å². The van der Waals surface area contributed by atoms with Crippen molar-refractivity contribution in [1.29, 1.82) is 0 Å². The van der Waals surface area contributed by atoms with Crippen LogP contribution in [-0.4, -0.2) is 57.8 Å². The highest BCUT2D eigenvalue weighted by Crippen LogP contribution is 2.46. The van der Waals surface area contributed by atoms with Crippen molar-refractivity contribution < 1.29 is 19.0 Å². The van der Waals surface area contributed by atoms with E-state index in [1.54, 1.807) is 14.2 Å². The first-order valence-electron chi connectivity index (χ1n) is 13.8. The summed E-state index contributed by atoms with van der Waals surface area (Å²) in [5.74, 6) is 1.07. The average Bonchev–Trinajstić information content (AvgIpc) is 3.42. The molecule has 0 saturated carbocycles. The number of ether oxygens (including phenoxy) is 3. The van der Waals surface area contributed by atoms with Gasteiger partial charge in [0, 0.05) is 60.0 Å². The number of carbonyl (C=O) groups excluding carboxylic acids is 1. The molecule has 3 aromatic rings. The van der Waals surface area contributed by atoms with Gasteiger partial charge >= 0.3 is 0 Å². The fraction of sp³-hybridized carbons (Fsp3) is 0.387. The summed E-state index contributed by atoms with van der Waals surface area (Å²) in [5, 5.41) is 12.1. The van der Waals surface area contributed by atoms with Gasteiger partial charge in [0.15, 0.2) is 5.66 Å². The maximum absolute atomic E-state index is 14.7. The largest absolute Gasteiger partial charge is 0.496 e. The quantitative estimate of drug-likeness (QED) is 0.326. The summed E-state index contributed by atoms with van der Waals surface area (Å²) in [5.41, 5.74) is 2.12. The van der Waals surface area contributed by atoms with E-state index in [4.69, 9.17) is 37.4 Å². The number of hydrogen-bond acceptors (Lipinski definition) is 7. The third-order valence-corrected chi connectivity index (χ3v) is 8.23. The molecule has 3 N–H and O–H groups in total. The highest BCUT2D eigenvalue weighted by atomic mass is 35.5. The number of amides is 1. The molecule has 1 amide bonds. The summed E-state index contributed by atoms with van der Waals surface area (Å²) in [6, 6.07) is 18.6. The standard InChI is InChI=1S/C31H36Cl2N4O4/c1-4-41-19-22-17-25(27(40-3)18-26(22)39-2)31(30(38)37-15-13-34-14-16-37)35-28(20-5-9-23(32)10-6-20)29(36-31)21-7-11-24(33)12-8-21/h5-12,17-18,28-29,34-36H,4,13-16,19H2,1-3H3. The number of benzene rings is 3. The van der Waals surface area contributed by atoms with Gasteiger partial charge in [-0.2, -0.15) is 0 Å². The van der Waals surface area contributed by atoms with Crippen LogP contribution in [0.25, 0.3) is 0 Å². The van der Waals surface area contributed by atoms with E-state index in [1.807, 2.05) is 72.5 Å². The molecule has 10 heteroatoms. The Balaban J connectivity index is 1.71. The van der Waals surface area contributed by atoms with Crippen molar-refractivity contribution in [3.63, 3.8) is 0 Å². The Morgan fingerprint density at radius 2 is 1.41 bits per heavy atom. The molecule has 2 saturated heterocycles. The molecule has 2 fully saturated rings. The molecule has 0 aliphatic carbocycles. The first-order valence-corrected chi connectivity index (χ1v) is 14.5. The van der Waals surface area contributed by atoms with Crippen LogP contribution in [0.1, 0.15) is 41.3 Å². The number of nitrogens with zero attached hydrogens (tertiary/aromatic N) is 1. The number of rotatable bonds is 9. The van der Waals surface area contributed by atoms with Crippen molar-refractivity contribution in [2.24, 2.45) is 0 Å². The van der Waals surface area contributed by atoms with E-state index >= 15 is 0 Å². The maximum Gasteiger partial charge on any atom is 0.262 e. The molecule has 0 spiro atoms. The van der Waals surface area contributed by atoms with Gasteiger partial charge in [-0.3, -0.25) is 15.4 Å². The Morgan fingerprint density at radius 3 is 1.90 bits per heavy atom. The van der Waals surface area contributed by atoms with Crippen LogP contribution in [-0.2, 0) is 21.8 Å². The van der Waals surface area contributed by atoms with Crippen molar-refractivity contribution in [2.75, 3.05) is 47.0 Å². The molecule has 2 heterocycles. The minimum atomic E-state index is -1.33. The number of halogens is 2. The lowest BCUT2D eigenvalue weighted by Crippen LogP contribution is -2.61. The van der Waals surface area contributed by atoms with Crippen LogP contribution in [0, 0.1) is 0 Å². The minimum absolute atomic E-state index is 0.0831. The fourth-order valence-electron chi connectivity index (χ4n) is 5.65. The van der Waals surface area contributed by atoms with Crippen molar-refractivity contribution in [1.82, 2.24) is 20.9 Å². The number of piperazine rings is 1. The fourth-order valence-corrected chi connectivity index (χ4v) is 5.90. The Morgan fingerprint density at radius 1 is 0.878 bits per heavy atom. The molecule has 2 unspecified atom stereocenters. The number of carbonyl (C=O) groups is 1. The molecule has 41 heavy (non-hydrogen) atoms. The monoisotopic (exact) mass is 598 g/mol. The first-order chi connectivity index (χ1) is 19.9. The molecule has 8 nitrogen and oxygen atoms in total. The van der Waals surface area contributed by atoms with Gasteiger partial charge < -0.3 is 24.4 Å². The predicted octanol–water partition coefficient (Wildman–Crippen LogP) is 4.81. The van der Waals surface area contributed by atoms with Gasteiger partial charge in [0.25, 0.3) is 5.91 Å². The average molecular weight is 600 g/mol. The second-order valence-electron chi connectivity index (χ2n) is 10.1. The van der Waals surface area contributed by atoms with Crippen LogP contribution >= 0.6 is 23.2 Å². The highest BCUT2D eigenvalue weighted by Gasteiger charge is 2.54. The lowest BCUT2D eigenvalue weighted by Gasteiger charge is -2.38. The van der Waals surface area contributed by atoms with Crippen molar-refractivity contribution >= 4 is 29.1 Å². The number of nitrogens with one attached hydrogen (secondary N) is 3. The second kappa shape index (κ2) is 13.0. The number of hydrogen-bond donors (Lipinski definition) is 3. The first kappa shape index (κ1) is 29.6. The van der Waals surface area contributed by atoms with Gasteiger partial charge in [-0.25, -0.2) is 0 Å². The maximum atomic E-state index is 14.7. The predicted molar refractivity (Wildman–Crippen MR) is 161 cm³/mol. The van der Waals surface area contributed by atoms with E-state index in [0.717, 1.165) is 29.8 Å². The summed E-state index contributed by atoms with van der Waals surface area (Å²) in [6.07, 6.45) is 0. The van der Waals surface area contributed by atoms with Crippen molar-refractivity contribution in [3.8, 4) is 11.5 Å². The van der Waals surface area contributed by atoms with Crippen LogP contribution in [0.3, 0.4) is 0 Å². The molecule has 0 aromatic heterocycles. The molecule has 2 aliphatic rings. The van der Waals surface area contributed by atoms with Gasteiger partial charge in [-0.15, -0.1) is 0 Å². The van der Waals surface area contributed by atoms with E-state index in [0.29, 0.717) is 53.4 Å². The summed E-state index contributed by atoms with van der Waals surface area (Å²) >= 11 is 12.5. The van der Waals surface area contributed by atoms with Gasteiger partial charge in [-0.05, 0) is 48.4 Å². The molecular weight excluding hydrogens is 563 g/mol. The van der Waals surface area contributed by atoms with E-state index in [1.165, 1.54) is 0 Å². The molecular formula is C31H36Cl2N4O4. The second-order valence-corrected chi connectivity index (χ2v) is 11.0. The smallest absolute Gasteiger partial charge is 0.262 e. The Kier molecular flexibility index (Phi) is 9.38. The van der Waals surface area contributed by atoms with E-state index in [9.17, 15) is 4.79 Å². The van der Waals surface area contributed by atoms with Crippen LogP contribution in [0.15, 0.2) is 60.7 Å². The normalized spacial score (nSPS) is 22.5. The van der Waals surface area contributed by atoms with Crippen LogP contribution in [0.4, 0.5) is 0 Å². The molecule has 0 radical (unpaired) electrons. The summed E-state index contributed by atoms with van der Waals surface area (Å²) < 4.78 is 17.4. The van der Waals surface area contributed by atoms with Crippen LogP contribution in [0.5, 0.6) is 11.5 Å². The zero-order chi connectivity index (χ0) is 29.0.